The summed E-state index contributed by atoms with van der Waals surface area (Å²) in [5, 5.41) is 3.20. The van der Waals surface area contributed by atoms with E-state index in [9.17, 15) is 4.79 Å². The number of carbonyl (C=O) groups excluding carboxylic acids is 1. The van der Waals surface area contributed by atoms with Gasteiger partial charge in [0.25, 0.3) is 5.91 Å². The maximum atomic E-state index is 13.0. The van der Waals surface area contributed by atoms with Crippen LogP contribution in [0.25, 0.3) is 0 Å². The minimum atomic E-state index is 0.0283. The molecule has 36 heavy (non-hydrogen) atoms. The van der Waals surface area contributed by atoms with Crippen LogP contribution < -0.4 is 10.1 Å². The fourth-order valence-corrected chi connectivity index (χ4v) is 5.62. The lowest BCUT2D eigenvalue weighted by atomic mass is 9.97. The predicted octanol–water partition coefficient (Wildman–Crippen LogP) is 5.12. The van der Waals surface area contributed by atoms with E-state index in [4.69, 9.17) is 4.74 Å². The Bertz CT molecular complexity index is 1010. The summed E-state index contributed by atoms with van der Waals surface area (Å²) >= 11 is 0. The smallest absolute Gasteiger partial charge is 0.251 e. The first-order valence-electron chi connectivity index (χ1n) is 14.1. The number of rotatable bonds is 5. The third kappa shape index (κ3) is 7.33. The molecule has 3 aliphatic rings. The highest BCUT2D eigenvalue weighted by Crippen LogP contribution is 2.31. The van der Waals surface area contributed by atoms with E-state index in [1.807, 2.05) is 12.1 Å². The Balaban J connectivity index is 1.29. The molecule has 0 radical (unpaired) electrons. The molecular formula is C31H43N3O2. The van der Waals surface area contributed by atoms with Crippen molar-refractivity contribution in [3.8, 4) is 5.75 Å². The summed E-state index contributed by atoms with van der Waals surface area (Å²) in [6.45, 7) is 7.18. The number of carbonyl (C=O) groups is 1. The fourth-order valence-electron chi connectivity index (χ4n) is 5.62. The van der Waals surface area contributed by atoms with E-state index < -0.39 is 0 Å². The van der Waals surface area contributed by atoms with E-state index in [1.54, 1.807) is 0 Å². The first-order valence-corrected chi connectivity index (χ1v) is 14.1. The van der Waals surface area contributed by atoms with Gasteiger partial charge in [-0.3, -0.25) is 9.69 Å². The van der Waals surface area contributed by atoms with Gasteiger partial charge in [-0.05, 0) is 118 Å². The van der Waals surface area contributed by atoms with Crippen LogP contribution in [0.4, 0.5) is 0 Å². The number of nitrogens with one attached hydrogen (secondary N) is 1. The number of amides is 1. The molecule has 2 aromatic carbocycles. The molecule has 0 atom stereocenters. The maximum Gasteiger partial charge on any atom is 0.251 e. The van der Waals surface area contributed by atoms with Gasteiger partial charge < -0.3 is 15.0 Å². The highest BCUT2D eigenvalue weighted by Gasteiger charge is 2.24. The zero-order chi connectivity index (χ0) is 24.7. The maximum absolute atomic E-state index is 13.0. The molecule has 2 aliphatic heterocycles. The van der Waals surface area contributed by atoms with Gasteiger partial charge in [-0.2, -0.15) is 0 Å². The zero-order valence-electron chi connectivity index (χ0n) is 22.0. The third-order valence-corrected chi connectivity index (χ3v) is 8.09. The van der Waals surface area contributed by atoms with Gasteiger partial charge in [0.15, 0.2) is 0 Å². The summed E-state index contributed by atoms with van der Waals surface area (Å²) in [7, 11) is 2.17. The van der Waals surface area contributed by atoms with Gasteiger partial charge in [-0.1, -0.05) is 24.3 Å². The van der Waals surface area contributed by atoms with E-state index in [0.29, 0.717) is 5.92 Å². The van der Waals surface area contributed by atoms with Gasteiger partial charge in [0, 0.05) is 31.6 Å². The van der Waals surface area contributed by atoms with E-state index in [1.165, 1.54) is 49.9 Å². The van der Waals surface area contributed by atoms with E-state index in [-0.39, 0.29) is 5.91 Å². The normalized spacial score (nSPS) is 20.7. The molecule has 2 aromatic rings. The average Bonchev–Trinajstić information content (AvgIpc) is 3.70. The Hall–Kier alpha value is -2.37. The Kier molecular flexibility index (Phi) is 8.60. The van der Waals surface area contributed by atoms with Crippen molar-refractivity contribution in [1.82, 2.24) is 15.1 Å². The van der Waals surface area contributed by atoms with Gasteiger partial charge in [0.1, 0.15) is 5.75 Å². The predicted molar refractivity (Wildman–Crippen MR) is 146 cm³/mol. The number of likely N-dealkylation sites (tertiary alicyclic amines) is 1. The van der Waals surface area contributed by atoms with Gasteiger partial charge in [-0.25, -0.2) is 0 Å². The van der Waals surface area contributed by atoms with Crippen LogP contribution in [0.15, 0.2) is 42.5 Å². The quantitative estimate of drug-likeness (QED) is 0.633. The molecule has 5 rings (SSSR count). The van der Waals surface area contributed by atoms with Crippen LogP contribution in [0.1, 0.15) is 72.0 Å². The van der Waals surface area contributed by atoms with Crippen LogP contribution in [-0.4, -0.2) is 62.1 Å². The number of fused-ring (bicyclic) bond motifs is 3. The van der Waals surface area contributed by atoms with Gasteiger partial charge in [0.2, 0.25) is 0 Å². The minimum absolute atomic E-state index is 0.0283. The molecule has 1 aliphatic carbocycles. The second-order valence-corrected chi connectivity index (χ2v) is 11.4. The zero-order valence-corrected chi connectivity index (χ0v) is 22.0. The topological polar surface area (TPSA) is 44.8 Å². The highest BCUT2D eigenvalue weighted by atomic mass is 16.5. The molecule has 0 spiro atoms. The van der Waals surface area contributed by atoms with Crippen molar-refractivity contribution in [2.45, 2.75) is 57.9 Å². The lowest BCUT2D eigenvalue weighted by molar-refractivity contribution is 0.0939. The molecule has 1 N–H and O–H groups in total. The Morgan fingerprint density at radius 3 is 2.61 bits per heavy atom. The second-order valence-electron chi connectivity index (χ2n) is 11.4. The molecule has 1 saturated heterocycles. The standard InChI is InChI=1S/C31H43N3O2/c1-33-15-12-24(13-16-33)21-32-31(35)28-10-11-30-29(20-28)19-26-6-5-7-27(18-26)23-34(22-25-8-9-25)14-3-2-4-17-36-30/h5-7,10-11,18,20,24-25H,2-4,8-9,12-17,19,21-23H2,1H3,(H,32,35). The van der Waals surface area contributed by atoms with Crippen LogP contribution in [0, 0.1) is 11.8 Å². The van der Waals surface area contributed by atoms with Crippen LogP contribution in [0.3, 0.4) is 0 Å². The van der Waals surface area contributed by atoms with E-state index >= 15 is 0 Å². The summed E-state index contributed by atoms with van der Waals surface area (Å²) in [5.41, 5.74) is 4.51. The molecule has 0 aromatic heterocycles. The first kappa shape index (κ1) is 25.3. The van der Waals surface area contributed by atoms with Crippen molar-refractivity contribution in [3.05, 3.63) is 64.7 Å². The monoisotopic (exact) mass is 489 g/mol. The number of benzene rings is 2. The summed E-state index contributed by atoms with van der Waals surface area (Å²) in [6, 6.07) is 15.0. The van der Waals surface area contributed by atoms with Crippen LogP contribution >= 0.6 is 0 Å². The lowest BCUT2D eigenvalue weighted by Crippen LogP contribution is -2.36. The minimum Gasteiger partial charge on any atom is -0.493 e. The molecule has 5 heteroatoms. The average molecular weight is 490 g/mol. The van der Waals surface area contributed by atoms with Crippen molar-refractivity contribution in [3.63, 3.8) is 0 Å². The largest absolute Gasteiger partial charge is 0.493 e. The number of nitrogens with zero attached hydrogens (tertiary/aromatic N) is 2. The van der Waals surface area contributed by atoms with Crippen LogP contribution in [0.2, 0.25) is 0 Å². The van der Waals surface area contributed by atoms with Crippen molar-refractivity contribution >= 4 is 5.91 Å². The molecular weight excluding hydrogens is 446 g/mol. The summed E-state index contributed by atoms with van der Waals surface area (Å²) in [5.74, 6) is 2.43. The number of piperidine rings is 1. The Labute approximate surface area is 217 Å². The molecule has 0 unspecified atom stereocenters. The molecule has 2 fully saturated rings. The summed E-state index contributed by atoms with van der Waals surface area (Å²) in [6.07, 6.45) is 9.37. The van der Waals surface area contributed by atoms with Crippen LogP contribution in [0.5, 0.6) is 5.75 Å². The van der Waals surface area contributed by atoms with E-state index in [2.05, 4.69) is 52.5 Å². The number of hydrogen-bond donors (Lipinski definition) is 1. The van der Waals surface area contributed by atoms with Gasteiger partial charge in [0.05, 0.1) is 6.61 Å². The number of ether oxygens (including phenoxy) is 1. The Morgan fingerprint density at radius 2 is 1.78 bits per heavy atom. The first-order chi connectivity index (χ1) is 17.6. The third-order valence-electron chi connectivity index (χ3n) is 8.09. The van der Waals surface area contributed by atoms with Crippen LogP contribution in [-0.2, 0) is 13.0 Å². The van der Waals surface area contributed by atoms with Crippen molar-refractivity contribution in [2.75, 3.05) is 46.4 Å². The van der Waals surface area contributed by atoms with Crippen molar-refractivity contribution in [1.29, 1.82) is 0 Å². The van der Waals surface area contributed by atoms with E-state index in [0.717, 1.165) is 81.3 Å². The number of hydrogen-bond acceptors (Lipinski definition) is 4. The highest BCUT2D eigenvalue weighted by molar-refractivity contribution is 5.94. The van der Waals surface area contributed by atoms with Gasteiger partial charge in [-0.15, -0.1) is 0 Å². The molecule has 2 bridgehead atoms. The lowest BCUT2D eigenvalue weighted by Gasteiger charge is -2.28. The Morgan fingerprint density at radius 1 is 0.944 bits per heavy atom. The summed E-state index contributed by atoms with van der Waals surface area (Å²) in [4.78, 5) is 18.1. The van der Waals surface area contributed by atoms with Gasteiger partial charge >= 0.3 is 0 Å². The molecule has 1 saturated carbocycles. The molecule has 1 amide bonds. The SMILES string of the molecule is CN1CCC(CNC(=O)c2ccc3c(c2)Cc2cccc(c2)CN(CC2CC2)CCCCCO3)CC1. The fraction of sp³-hybridized carbons (Fsp3) is 0.581. The molecule has 5 nitrogen and oxygen atoms in total. The van der Waals surface area contributed by atoms with Crippen molar-refractivity contribution in [2.24, 2.45) is 11.8 Å². The van der Waals surface area contributed by atoms with Crippen molar-refractivity contribution < 1.29 is 9.53 Å². The second kappa shape index (κ2) is 12.2. The molecule has 2 heterocycles. The molecule has 194 valence electrons. The summed E-state index contributed by atoms with van der Waals surface area (Å²) < 4.78 is 6.26.